The molecule has 1 N–H and O–H groups in total. The number of fused-ring (bicyclic) bond motifs is 1. The van der Waals surface area contributed by atoms with E-state index < -0.39 is 11.6 Å². The fourth-order valence-electron chi connectivity index (χ4n) is 2.22. The van der Waals surface area contributed by atoms with Crippen molar-refractivity contribution in [2.45, 2.75) is 0 Å². The van der Waals surface area contributed by atoms with Gasteiger partial charge in [0.25, 0.3) is 0 Å². The number of aromatic nitrogens is 1. The molecule has 0 unspecified atom stereocenters. The van der Waals surface area contributed by atoms with Crippen LogP contribution in [0.2, 0.25) is 0 Å². The third-order valence-corrected chi connectivity index (χ3v) is 4.10. The zero-order valence-corrected chi connectivity index (χ0v) is 12.5. The van der Waals surface area contributed by atoms with Crippen molar-refractivity contribution in [2.75, 3.05) is 12.1 Å². The van der Waals surface area contributed by atoms with Gasteiger partial charge in [0.15, 0.2) is 28.3 Å². The molecule has 2 aromatic carbocycles. The maximum atomic E-state index is 13.3. The Morgan fingerprint density at radius 3 is 2.74 bits per heavy atom. The first-order chi connectivity index (χ1) is 11.2. The van der Waals surface area contributed by atoms with Gasteiger partial charge in [0.1, 0.15) is 0 Å². The summed E-state index contributed by atoms with van der Waals surface area (Å²) in [5.41, 5.74) is 1.91. The molecule has 2 heterocycles. The Bertz CT molecular complexity index is 882. The molecule has 0 saturated carbocycles. The molecular formula is C16H10F2N2O2S. The fraction of sp³-hybridized carbons (Fsp3) is 0.0625. The van der Waals surface area contributed by atoms with Gasteiger partial charge in [-0.1, -0.05) is 0 Å². The molecule has 4 nitrogen and oxygen atoms in total. The second kappa shape index (κ2) is 5.51. The van der Waals surface area contributed by atoms with Gasteiger partial charge in [-0.2, -0.15) is 0 Å². The van der Waals surface area contributed by atoms with Crippen LogP contribution < -0.4 is 14.8 Å². The van der Waals surface area contributed by atoms with Crippen molar-refractivity contribution in [3.05, 3.63) is 53.4 Å². The van der Waals surface area contributed by atoms with Crippen molar-refractivity contribution < 1.29 is 18.3 Å². The van der Waals surface area contributed by atoms with Crippen LogP contribution in [0.1, 0.15) is 0 Å². The summed E-state index contributed by atoms with van der Waals surface area (Å²) in [5.74, 6) is -0.381. The minimum absolute atomic E-state index is 0.219. The average molecular weight is 332 g/mol. The number of nitrogens with one attached hydrogen (secondary N) is 1. The van der Waals surface area contributed by atoms with E-state index in [1.54, 1.807) is 5.38 Å². The molecule has 116 valence electrons. The lowest BCUT2D eigenvalue weighted by atomic mass is 10.2. The minimum Gasteiger partial charge on any atom is -0.454 e. The van der Waals surface area contributed by atoms with Gasteiger partial charge >= 0.3 is 0 Å². The molecular weight excluding hydrogens is 322 g/mol. The zero-order valence-electron chi connectivity index (χ0n) is 11.7. The van der Waals surface area contributed by atoms with Crippen LogP contribution >= 0.6 is 11.3 Å². The minimum atomic E-state index is -0.888. The van der Waals surface area contributed by atoms with Gasteiger partial charge in [-0.25, -0.2) is 13.8 Å². The van der Waals surface area contributed by atoms with Crippen molar-refractivity contribution in [2.24, 2.45) is 0 Å². The highest BCUT2D eigenvalue weighted by Crippen LogP contribution is 2.36. The first-order valence-electron chi connectivity index (χ1n) is 6.77. The van der Waals surface area contributed by atoms with E-state index in [2.05, 4.69) is 10.3 Å². The van der Waals surface area contributed by atoms with Crippen molar-refractivity contribution in [3.8, 4) is 22.8 Å². The number of halogens is 2. The van der Waals surface area contributed by atoms with E-state index in [1.165, 1.54) is 17.4 Å². The molecule has 23 heavy (non-hydrogen) atoms. The van der Waals surface area contributed by atoms with Crippen LogP contribution in [0.15, 0.2) is 41.8 Å². The second-order valence-electron chi connectivity index (χ2n) is 4.86. The molecule has 0 spiro atoms. The van der Waals surface area contributed by atoms with Crippen LogP contribution in [-0.2, 0) is 0 Å². The van der Waals surface area contributed by atoms with Crippen LogP contribution in [0.25, 0.3) is 11.3 Å². The summed E-state index contributed by atoms with van der Waals surface area (Å²) < 4.78 is 36.9. The van der Waals surface area contributed by atoms with E-state index in [4.69, 9.17) is 9.47 Å². The number of benzene rings is 2. The molecule has 4 rings (SSSR count). The number of hydrogen-bond acceptors (Lipinski definition) is 5. The van der Waals surface area contributed by atoms with Crippen molar-refractivity contribution in [1.82, 2.24) is 4.98 Å². The van der Waals surface area contributed by atoms with Gasteiger partial charge in [0.2, 0.25) is 6.79 Å². The van der Waals surface area contributed by atoms with Crippen LogP contribution in [0, 0.1) is 11.6 Å². The van der Waals surface area contributed by atoms with Gasteiger partial charge in [-0.3, -0.25) is 0 Å². The number of thiazole rings is 1. The Kier molecular flexibility index (Phi) is 3.34. The number of nitrogens with zero attached hydrogens (tertiary/aromatic N) is 1. The number of hydrogen-bond donors (Lipinski definition) is 1. The number of rotatable bonds is 3. The van der Waals surface area contributed by atoms with Gasteiger partial charge in [-0.15, -0.1) is 11.3 Å². The molecule has 1 aliphatic heterocycles. The van der Waals surface area contributed by atoms with Gasteiger partial charge < -0.3 is 14.8 Å². The third-order valence-electron chi connectivity index (χ3n) is 3.34. The predicted octanol–water partition coefficient (Wildman–Crippen LogP) is 4.56. The Balaban J connectivity index is 1.57. The molecule has 0 aliphatic carbocycles. The lowest BCUT2D eigenvalue weighted by molar-refractivity contribution is 0.174. The van der Waals surface area contributed by atoms with Crippen LogP contribution in [0.3, 0.4) is 0 Å². The summed E-state index contributed by atoms with van der Waals surface area (Å²) in [5, 5.41) is 5.58. The van der Waals surface area contributed by atoms with Crippen LogP contribution in [0.5, 0.6) is 11.5 Å². The highest BCUT2D eigenvalue weighted by atomic mass is 32.1. The van der Waals surface area contributed by atoms with Gasteiger partial charge in [0, 0.05) is 22.7 Å². The van der Waals surface area contributed by atoms with E-state index in [9.17, 15) is 8.78 Å². The normalized spacial score (nSPS) is 12.4. The standard InChI is InChI=1S/C16H10F2N2O2S/c17-11-3-1-9(5-12(11)18)13-7-23-16(20-13)19-10-2-4-14-15(6-10)22-8-21-14/h1-7H,8H2,(H,19,20). The summed E-state index contributed by atoms with van der Waals surface area (Å²) in [6, 6.07) is 9.21. The Morgan fingerprint density at radius 2 is 1.87 bits per heavy atom. The van der Waals surface area contributed by atoms with E-state index in [1.807, 2.05) is 18.2 Å². The van der Waals surface area contributed by atoms with E-state index in [0.717, 1.165) is 17.8 Å². The second-order valence-corrected chi connectivity index (χ2v) is 5.72. The number of ether oxygens (including phenoxy) is 2. The maximum absolute atomic E-state index is 13.3. The van der Waals surface area contributed by atoms with E-state index in [-0.39, 0.29) is 6.79 Å². The van der Waals surface area contributed by atoms with Crippen molar-refractivity contribution >= 4 is 22.2 Å². The van der Waals surface area contributed by atoms with Gasteiger partial charge in [0.05, 0.1) is 5.69 Å². The monoisotopic (exact) mass is 332 g/mol. The SMILES string of the molecule is Fc1ccc(-c2csc(Nc3ccc4c(c3)OCO4)n2)cc1F. The molecule has 0 fully saturated rings. The fourth-order valence-corrected chi connectivity index (χ4v) is 2.96. The smallest absolute Gasteiger partial charge is 0.231 e. The summed E-state index contributed by atoms with van der Waals surface area (Å²) in [6.07, 6.45) is 0. The Labute approximate surface area is 134 Å². The van der Waals surface area contributed by atoms with Crippen molar-refractivity contribution in [3.63, 3.8) is 0 Å². The topological polar surface area (TPSA) is 43.4 Å². The molecule has 0 radical (unpaired) electrons. The number of anilines is 2. The highest BCUT2D eigenvalue weighted by Gasteiger charge is 2.14. The first-order valence-corrected chi connectivity index (χ1v) is 7.64. The molecule has 0 atom stereocenters. The first kappa shape index (κ1) is 14.0. The molecule has 3 aromatic rings. The molecule has 0 saturated heterocycles. The summed E-state index contributed by atoms with van der Waals surface area (Å²) >= 11 is 1.37. The molecule has 0 amide bonds. The summed E-state index contributed by atoms with van der Waals surface area (Å²) in [4.78, 5) is 4.39. The highest BCUT2D eigenvalue weighted by molar-refractivity contribution is 7.14. The molecule has 0 bridgehead atoms. The zero-order chi connectivity index (χ0) is 15.8. The lowest BCUT2D eigenvalue weighted by Gasteiger charge is -2.03. The van der Waals surface area contributed by atoms with E-state index >= 15 is 0 Å². The quantitative estimate of drug-likeness (QED) is 0.763. The van der Waals surface area contributed by atoms with Crippen LogP contribution in [-0.4, -0.2) is 11.8 Å². The Hall–Kier alpha value is -2.67. The average Bonchev–Trinajstić information content (AvgIpc) is 3.19. The maximum Gasteiger partial charge on any atom is 0.231 e. The molecule has 7 heteroatoms. The molecule has 1 aliphatic rings. The Morgan fingerprint density at radius 1 is 1.00 bits per heavy atom. The van der Waals surface area contributed by atoms with Crippen LogP contribution in [0.4, 0.5) is 19.6 Å². The van der Waals surface area contributed by atoms with Crippen molar-refractivity contribution in [1.29, 1.82) is 0 Å². The summed E-state index contributed by atoms with van der Waals surface area (Å²) in [7, 11) is 0. The predicted molar refractivity (Wildman–Crippen MR) is 83.3 cm³/mol. The largest absolute Gasteiger partial charge is 0.454 e. The molecule has 1 aromatic heterocycles. The van der Waals surface area contributed by atoms with Gasteiger partial charge in [-0.05, 0) is 30.3 Å². The third kappa shape index (κ3) is 2.70. The summed E-state index contributed by atoms with van der Waals surface area (Å²) in [6.45, 7) is 0.219. The van der Waals surface area contributed by atoms with E-state index in [0.29, 0.717) is 27.9 Å². The lowest BCUT2D eigenvalue weighted by Crippen LogP contribution is -1.93.